The molecule has 4 rings (SSSR count). The SMILES string of the molecule is Cn1c(SCC(=O)NC2CCCC2)nnc1-c1ccc2c(c1)OCO2. The van der Waals surface area contributed by atoms with Crippen molar-refractivity contribution in [2.75, 3.05) is 12.5 Å². The monoisotopic (exact) mass is 360 g/mol. The molecular weight excluding hydrogens is 340 g/mol. The number of rotatable bonds is 5. The van der Waals surface area contributed by atoms with Crippen molar-refractivity contribution in [3.8, 4) is 22.9 Å². The number of amides is 1. The highest BCUT2D eigenvalue weighted by atomic mass is 32.2. The van der Waals surface area contributed by atoms with Crippen LogP contribution in [-0.2, 0) is 11.8 Å². The van der Waals surface area contributed by atoms with Gasteiger partial charge in [0, 0.05) is 18.7 Å². The molecule has 2 heterocycles. The molecule has 8 heteroatoms. The number of aromatic nitrogens is 3. The van der Waals surface area contributed by atoms with E-state index in [0.717, 1.165) is 30.0 Å². The summed E-state index contributed by atoms with van der Waals surface area (Å²) in [6.45, 7) is 0.245. The molecule has 1 saturated carbocycles. The van der Waals surface area contributed by atoms with Crippen molar-refractivity contribution in [3.63, 3.8) is 0 Å². The number of carbonyl (C=O) groups excluding carboxylic acids is 1. The molecule has 2 aromatic rings. The van der Waals surface area contributed by atoms with E-state index in [2.05, 4.69) is 15.5 Å². The Morgan fingerprint density at radius 2 is 2.08 bits per heavy atom. The summed E-state index contributed by atoms with van der Waals surface area (Å²) in [5, 5.41) is 12.3. The van der Waals surface area contributed by atoms with Gasteiger partial charge in [0.1, 0.15) is 0 Å². The lowest BCUT2D eigenvalue weighted by molar-refractivity contribution is -0.119. The molecule has 0 spiro atoms. The third kappa shape index (κ3) is 3.44. The molecule has 1 amide bonds. The van der Waals surface area contributed by atoms with Crippen LogP contribution in [0.1, 0.15) is 25.7 Å². The fourth-order valence-electron chi connectivity index (χ4n) is 3.20. The Labute approximate surface area is 150 Å². The Hall–Kier alpha value is -2.22. The van der Waals surface area contributed by atoms with Crippen LogP contribution in [0, 0.1) is 0 Å². The van der Waals surface area contributed by atoms with Gasteiger partial charge < -0.3 is 19.4 Å². The lowest BCUT2D eigenvalue weighted by Crippen LogP contribution is -2.33. The lowest BCUT2D eigenvalue weighted by Gasteiger charge is -2.11. The van der Waals surface area contributed by atoms with Gasteiger partial charge in [-0.05, 0) is 31.0 Å². The molecule has 1 aromatic heterocycles. The molecule has 0 bridgehead atoms. The summed E-state index contributed by atoms with van der Waals surface area (Å²) in [5.41, 5.74) is 0.904. The van der Waals surface area contributed by atoms with Crippen molar-refractivity contribution < 1.29 is 14.3 Å². The first-order valence-corrected chi connectivity index (χ1v) is 9.41. The zero-order valence-corrected chi connectivity index (χ0v) is 14.8. The summed E-state index contributed by atoms with van der Waals surface area (Å²) in [7, 11) is 1.90. The Balaban J connectivity index is 1.41. The van der Waals surface area contributed by atoms with Gasteiger partial charge in [0.25, 0.3) is 0 Å². The number of hydrogen-bond donors (Lipinski definition) is 1. The molecule has 1 N–H and O–H groups in total. The summed E-state index contributed by atoms with van der Waals surface area (Å²) in [6, 6.07) is 6.04. The largest absolute Gasteiger partial charge is 0.454 e. The van der Waals surface area contributed by atoms with Gasteiger partial charge in [0.2, 0.25) is 12.7 Å². The Bertz CT molecular complexity index is 786. The smallest absolute Gasteiger partial charge is 0.231 e. The van der Waals surface area contributed by atoms with Gasteiger partial charge in [0.15, 0.2) is 22.5 Å². The number of ether oxygens (including phenoxy) is 2. The molecule has 1 fully saturated rings. The first-order chi connectivity index (χ1) is 12.2. The van der Waals surface area contributed by atoms with Crippen molar-refractivity contribution in [2.24, 2.45) is 7.05 Å². The van der Waals surface area contributed by atoms with Gasteiger partial charge in [-0.25, -0.2) is 0 Å². The Morgan fingerprint density at radius 1 is 1.28 bits per heavy atom. The predicted octanol–water partition coefficient (Wildman–Crippen LogP) is 2.36. The van der Waals surface area contributed by atoms with Crippen LogP contribution >= 0.6 is 11.8 Å². The molecule has 0 atom stereocenters. The van der Waals surface area contributed by atoms with Crippen LogP contribution in [0.3, 0.4) is 0 Å². The van der Waals surface area contributed by atoms with Crippen LogP contribution in [0.4, 0.5) is 0 Å². The molecule has 1 aliphatic carbocycles. The van der Waals surface area contributed by atoms with Crippen LogP contribution in [0.2, 0.25) is 0 Å². The molecule has 7 nitrogen and oxygen atoms in total. The zero-order chi connectivity index (χ0) is 17.2. The van der Waals surface area contributed by atoms with Gasteiger partial charge in [0.05, 0.1) is 5.75 Å². The molecule has 1 aromatic carbocycles. The lowest BCUT2D eigenvalue weighted by atomic mass is 10.2. The number of carbonyl (C=O) groups is 1. The van der Waals surface area contributed by atoms with Gasteiger partial charge in [-0.3, -0.25) is 4.79 Å². The van der Waals surface area contributed by atoms with Crippen molar-refractivity contribution in [3.05, 3.63) is 18.2 Å². The molecule has 132 valence electrons. The van der Waals surface area contributed by atoms with E-state index in [1.54, 1.807) is 0 Å². The van der Waals surface area contributed by atoms with E-state index in [1.807, 2.05) is 29.8 Å². The van der Waals surface area contributed by atoms with Gasteiger partial charge in [-0.1, -0.05) is 24.6 Å². The van der Waals surface area contributed by atoms with Gasteiger partial charge >= 0.3 is 0 Å². The van der Waals surface area contributed by atoms with E-state index >= 15 is 0 Å². The number of nitrogens with zero attached hydrogens (tertiary/aromatic N) is 3. The van der Waals surface area contributed by atoms with E-state index in [-0.39, 0.29) is 12.7 Å². The average molecular weight is 360 g/mol. The van der Waals surface area contributed by atoms with E-state index in [9.17, 15) is 4.79 Å². The third-order valence-corrected chi connectivity index (χ3v) is 5.54. The minimum atomic E-state index is 0.0597. The molecule has 0 saturated heterocycles. The standard InChI is InChI=1S/C17H20N4O3S/c1-21-16(11-6-7-13-14(8-11)24-10-23-13)19-20-17(21)25-9-15(22)18-12-4-2-3-5-12/h6-8,12H,2-5,9-10H2,1H3,(H,18,22). The summed E-state index contributed by atoms with van der Waals surface area (Å²) in [6.07, 6.45) is 4.60. The number of thioether (sulfide) groups is 1. The molecule has 0 radical (unpaired) electrons. The maximum absolute atomic E-state index is 12.1. The molecule has 25 heavy (non-hydrogen) atoms. The van der Waals surface area contributed by atoms with Crippen LogP contribution in [0.5, 0.6) is 11.5 Å². The summed E-state index contributed by atoms with van der Waals surface area (Å²) in [4.78, 5) is 12.1. The predicted molar refractivity (Wildman–Crippen MR) is 93.7 cm³/mol. The zero-order valence-electron chi connectivity index (χ0n) is 14.0. The van der Waals surface area contributed by atoms with E-state index in [1.165, 1.54) is 24.6 Å². The second-order valence-electron chi connectivity index (χ2n) is 6.27. The molecule has 0 unspecified atom stereocenters. The number of fused-ring (bicyclic) bond motifs is 1. The molecular formula is C17H20N4O3S. The van der Waals surface area contributed by atoms with Crippen molar-refractivity contribution in [2.45, 2.75) is 36.9 Å². The van der Waals surface area contributed by atoms with Crippen LogP contribution in [-0.4, -0.2) is 39.3 Å². The molecule has 1 aliphatic heterocycles. The Morgan fingerprint density at radius 3 is 2.92 bits per heavy atom. The minimum Gasteiger partial charge on any atom is -0.454 e. The highest BCUT2D eigenvalue weighted by molar-refractivity contribution is 7.99. The van der Waals surface area contributed by atoms with Crippen molar-refractivity contribution >= 4 is 17.7 Å². The number of benzene rings is 1. The second kappa shape index (κ2) is 6.95. The fourth-order valence-corrected chi connectivity index (χ4v) is 3.92. The Kier molecular flexibility index (Phi) is 4.52. The summed E-state index contributed by atoms with van der Waals surface area (Å²) < 4.78 is 12.6. The fraction of sp³-hybridized carbons (Fsp3) is 0.471. The third-order valence-electron chi connectivity index (χ3n) is 4.52. The first-order valence-electron chi connectivity index (χ1n) is 8.42. The number of hydrogen-bond acceptors (Lipinski definition) is 6. The van der Waals surface area contributed by atoms with E-state index < -0.39 is 0 Å². The highest BCUT2D eigenvalue weighted by Gasteiger charge is 2.19. The van der Waals surface area contributed by atoms with Crippen LogP contribution in [0.15, 0.2) is 23.4 Å². The number of nitrogens with one attached hydrogen (secondary N) is 1. The topological polar surface area (TPSA) is 78.3 Å². The quantitative estimate of drug-likeness (QED) is 0.825. The second-order valence-corrected chi connectivity index (χ2v) is 7.21. The maximum atomic E-state index is 12.1. The van der Waals surface area contributed by atoms with E-state index in [4.69, 9.17) is 9.47 Å². The summed E-state index contributed by atoms with van der Waals surface area (Å²) >= 11 is 1.40. The van der Waals surface area contributed by atoms with Crippen LogP contribution in [0.25, 0.3) is 11.4 Å². The van der Waals surface area contributed by atoms with Gasteiger partial charge in [-0.15, -0.1) is 10.2 Å². The van der Waals surface area contributed by atoms with Gasteiger partial charge in [-0.2, -0.15) is 0 Å². The summed E-state index contributed by atoms with van der Waals surface area (Å²) in [5.74, 6) is 2.60. The highest BCUT2D eigenvalue weighted by Crippen LogP contribution is 2.35. The van der Waals surface area contributed by atoms with E-state index in [0.29, 0.717) is 22.7 Å². The molecule has 2 aliphatic rings. The van der Waals surface area contributed by atoms with Crippen LogP contribution < -0.4 is 14.8 Å². The maximum Gasteiger partial charge on any atom is 0.231 e. The first kappa shape index (κ1) is 16.3. The van der Waals surface area contributed by atoms with Crippen molar-refractivity contribution in [1.82, 2.24) is 20.1 Å². The average Bonchev–Trinajstić information content (AvgIpc) is 3.33. The minimum absolute atomic E-state index is 0.0597. The normalized spacial score (nSPS) is 16.4. The van der Waals surface area contributed by atoms with Crippen molar-refractivity contribution in [1.29, 1.82) is 0 Å².